The lowest BCUT2D eigenvalue weighted by Gasteiger charge is -2.32. The molecule has 0 spiro atoms. The Morgan fingerprint density at radius 3 is 3.06 bits per heavy atom. The van der Waals surface area contributed by atoms with E-state index in [0.29, 0.717) is 5.92 Å². The van der Waals surface area contributed by atoms with Gasteiger partial charge in [-0.15, -0.1) is 5.92 Å². The lowest BCUT2D eigenvalue weighted by atomic mass is 9.74. The van der Waals surface area contributed by atoms with Crippen molar-refractivity contribution in [1.82, 2.24) is 4.98 Å². The number of hydrogen-bond donors (Lipinski definition) is 1. The van der Waals surface area contributed by atoms with Gasteiger partial charge in [0, 0.05) is 6.42 Å². The molecule has 1 aromatic rings. The summed E-state index contributed by atoms with van der Waals surface area (Å²) in [5, 5.41) is 10.1. The number of nitrogens with zero attached hydrogens (tertiary/aromatic N) is 1. The summed E-state index contributed by atoms with van der Waals surface area (Å²) in [6.45, 7) is 1.78. The number of aliphatic hydroxyl groups excluding tert-OH is 1. The van der Waals surface area contributed by atoms with E-state index in [1.165, 1.54) is 19.2 Å². The average Bonchev–Trinajstić information content (AvgIpc) is 2.83. The van der Waals surface area contributed by atoms with Crippen molar-refractivity contribution in [2.45, 2.75) is 45.1 Å². The Balaban J connectivity index is 2.03. The van der Waals surface area contributed by atoms with Gasteiger partial charge >= 0.3 is 0 Å². The first-order valence-electron chi connectivity index (χ1n) is 6.29. The molecule has 92 valence electrons. The van der Waals surface area contributed by atoms with Crippen LogP contribution in [0.4, 0.5) is 0 Å². The molecule has 1 saturated carbocycles. The summed E-state index contributed by atoms with van der Waals surface area (Å²) in [5.74, 6) is 7.35. The lowest BCUT2D eigenvalue weighted by Crippen LogP contribution is -2.31. The second-order valence-corrected chi connectivity index (χ2v) is 4.72. The molecule has 1 aromatic heterocycles. The minimum absolute atomic E-state index is 0.279. The molecule has 1 fully saturated rings. The first-order valence-corrected chi connectivity index (χ1v) is 6.29. The fraction of sp³-hybridized carbons (Fsp3) is 0.643. The Hall–Kier alpha value is -1.27. The molecule has 2 rings (SSSR count). The van der Waals surface area contributed by atoms with Crippen molar-refractivity contribution in [3.8, 4) is 11.8 Å². The molecule has 3 nitrogen and oxygen atoms in total. The topological polar surface area (TPSA) is 46.3 Å². The van der Waals surface area contributed by atoms with Crippen molar-refractivity contribution in [3.05, 3.63) is 18.4 Å². The van der Waals surface area contributed by atoms with Crippen LogP contribution in [-0.2, 0) is 6.42 Å². The smallest absolute Gasteiger partial charge is 0.180 e. The second-order valence-electron chi connectivity index (χ2n) is 4.72. The van der Waals surface area contributed by atoms with Crippen LogP contribution < -0.4 is 0 Å². The molecule has 0 radical (unpaired) electrons. The molecule has 1 heterocycles. The van der Waals surface area contributed by atoms with Crippen molar-refractivity contribution >= 4 is 0 Å². The Labute approximate surface area is 102 Å². The van der Waals surface area contributed by atoms with Gasteiger partial charge in [0.1, 0.15) is 11.9 Å². The van der Waals surface area contributed by atoms with Crippen LogP contribution in [0.5, 0.6) is 0 Å². The fourth-order valence-corrected chi connectivity index (χ4v) is 2.76. The maximum atomic E-state index is 10.1. The van der Waals surface area contributed by atoms with E-state index in [0.717, 1.165) is 25.0 Å². The number of aromatic nitrogens is 1. The summed E-state index contributed by atoms with van der Waals surface area (Å²) in [6.07, 6.45) is 8.25. The van der Waals surface area contributed by atoms with E-state index in [9.17, 15) is 5.11 Å². The van der Waals surface area contributed by atoms with Gasteiger partial charge in [-0.1, -0.05) is 18.8 Å². The average molecular weight is 233 g/mol. The van der Waals surface area contributed by atoms with Crippen LogP contribution in [0.1, 0.15) is 38.4 Å². The van der Waals surface area contributed by atoms with Crippen LogP contribution in [0.15, 0.2) is 17.0 Å². The van der Waals surface area contributed by atoms with Crippen molar-refractivity contribution in [1.29, 1.82) is 0 Å². The highest BCUT2D eigenvalue weighted by atomic mass is 16.3. The summed E-state index contributed by atoms with van der Waals surface area (Å²) >= 11 is 0. The van der Waals surface area contributed by atoms with Gasteiger partial charge in [-0.05, 0) is 31.6 Å². The molecule has 3 heteroatoms. The van der Waals surface area contributed by atoms with Crippen molar-refractivity contribution < 1.29 is 9.52 Å². The quantitative estimate of drug-likeness (QED) is 0.815. The van der Waals surface area contributed by atoms with Gasteiger partial charge in [0.15, 0.2) is 6.39 Å². The molecule has 1 N–H and O–H groups in total. The Morgan fingerprint density at radius 1 is 1.53 bits per heavy atom. The molecule has 0 amide bonds. The van der Waals surface area contributed by atoms with E-state index >= 15 is 0 Å². The summed E-state index contributed by atoms with van der Waals surface area (Å²) in [4.78, 5) is 3.94. The maximum Gasteiger partial charge on any atom is 0.180 e. The maximum absolute atomic E-state index is 10.1. The summed E-state index contributed by atoms with van der Waals surface area (Å²) in [5.41, 5.74) is 0. The molecule has 0 saturated heterocycles. The van der Waals surface area contributed by atoms with Gasteiger partial charge in [0.25, 0.3) is 0 Å². The first kappa shape index (κ1) is 12.2. The van der Waals surface area contributed by atoms with Crippen LogP contribution in [0, 0.1) is 23.7 Å². The predicted octanol–water partition coefficient (Wildman–Crippen LogP) is 2.41. The number of oxazole rings is 1. The third kappa shape index (κ3) is 3.10. The standard InChI is InChI=1S/C14H19NO2/c1-2-5-14(16)13-7-4-3-6-11(13)8-12-9-15-10-17-12/h9-11,13-14,16H,3-4,6-8H2,1H3/t11-,13?,14?/m1/s1. The number of rotatable bonds is 3. The minimum Gasteiger partial charge on any atom is -0.449 e. The van der Waals surface area contributed by atoms with Crippen LogP contribution in [0.2, 0.25) is 0 Å². The zero-order valence-electron chi connectivity index (χ0n) is 10.2. The second kappa shape index (κ2) is 5.88. The first-order chi connectivity index (χ1) is 8.31. The Bertz CT molecular complexity index is 388. The molecule has 17 heavy (non-hydrogen) atoms. The summed E-state index contributed by atoms with van der Waals surface area (Å²) < 4.78 is 5.30. The van der Waals surface area contributed by atoms with Crippen molar-refractivity contribution in [2.75, 3.05) is 0 Å². The molecular formula is C14H19NO2. The number of aliphatic hydroxyl groups is 1. The van der Waals surface area contributed by atoms with E-state index < -0.39 is 6.10 Å². The SMILES string of the molecule is CC#CC(O)C1CCCC[C@@H]1Cc1cnco1. The van der Waals surface area contributed by atoms with Crippen molar-refractivity contribution in [3.63, 3.8) is 0 Å². The van der Waals surface area contributed by atoms with Gasteiger partial charge in [0.05, 0.1) is 6.20 Å². The van der Waals surface area contributed by atoms with E-state index in [-0.39, 0.29) is 5.92 Å². The molecule has 0 aromatic carbocycles. The predicted molar refractivity (Wildman–Crippen MR) is 65.1 cm³/mol. The lowest BCUT2D eigenvalue weighted by molar-refractivity contribution is 0.0852. The zero-order valence-corrected chi connectivity index (χ0v) is 10.2. The normalized spacial score (nSPS) is 26.0. The van der Waals surface area contributed by atoms with Gasteiger partial charge in [-0.25, -0.2) is 4.98 Å². The molecule has 3 atom stereocenters. The summed E-state index contributed by atoms with van der Waals surface area (Å²) in [6, 6.07) is 0. The molecule has 1 aliphatic rings. The minimum atomic E-state index is -0.492. The third-order valence-electron chi connectivity index (χ3n) is 3.61. The highest BCUT2D eigenvalue weighted by Crippen LogP contribution is 2.34. The monoisotopic (exact) mass is 233 g/mol. The van der Waals surface area contributed by atoms with Crippen LogP contribution in [0.25, 0.3) is 0 Å². The Kier molecular flexibility index (Phi) is 4.22. The zero-order chi connectivity index (χ0) is 12.1. The molecule has 0 aliphatic heterocycles. The molecule has 2 unspecified atom stereocenters. The van der Waals surface area contributed by atoms with Crippen LogP contribution >= 0.6 is 0 Å². The Morgan fingerprint density at radius 2 is 2.35 bits per heavy atom. The largest absolute Gasteiger partial charge is 0.449 e. The van der Waals surface area contributed by atoms with Gasteiger partial charge < -0.3 is 9.52 Å². The number of hydrogen-bond acceptors (Lipinski definition) is 3. The van der Waals surface area contributed by atoms with Crippen LogP contribution in [-0.4, -0.2) is 16.2 Å². The molecule has 0 bridgehead atoms. The highest BCUT2D eigenvalue weighted by molar-refractivity contribution is 5.06. The van der Waals surface area contributed by atoms with Crippen LogP contribution in [0.3, 0.4) is 0 Å². The third-order valence-corrected chi connectivity index (χ3v) is 3.61. The molecular weight excluding hydrogens is 214 g/mol. The van der Waals surface area contributed by atoms with E-state index in [4.69, 9.17) is 4.42 Å². The van der Waals surface area contributed by atoms with E-state index in [2.05, 4.69) is 16.8 Å². The summed E-state index contributed by atoms with van der Waals surface area (Å²) in [7, 11) is 0. The van der Waals surface area contributed by atoms with Gasteiger partial charge in [0.2, 0.25) is 0 Å². The van der Waals surface area contributed by atoms with Gasteiger partial charge in [-0.2, -0.15) is 0 Å². The highest BCUT2D eigenvalue weighted by Gasteiger charge is 2.30. The van der Waals surface area contributed by atoms with Crippen molar-refractivity contribution in [2.24, 2.45) is 11.8 Å². The van der Waals surface area contributed by atoms with E-state index in [1.54, 1.807) is 13.1 Å². The molecule has 1 aliphatic carbocycles. The van der Waals surface area contributed by atoms with E-state index in [1.807, 2.05) is 0 Å². The fourth-order valence-electron chi connectivity index (χ4n) is 2.76. The van der Waals surface area contributed by atoms with Gasteiger partial charge in [-0.3, -0.25) is 0 Å².